The number of rotatable bonds is 1. The summed E-state index contributed by atoms with van der Waals surface area (Å²) in [4.78, 5) is 16.8. The zero-order valence-electron chi connectivity index (χ0n) is 7.87. The van der Waals surface area contributed by atoms with Gasteiger partial charge in [-0.3, -0.25) is 9.63 Å². The number of halogens is 2. The maximum atomic E-state index is 13.3. The van der Waals surface area contributed by atoms with Crippen LogP contribution in [0.3, 0.4) is 0 Å². The Kier molecular flexibility index (Phi) is 2.88. The fourth-order valence-corrected chi connectivity index (χ4v) is 1.58. The van der Waals surface area contributed by atoms with Crippen LogP contribution in [0.1, 0.15) is 16.8 Å². The van der Waals surface area contributed by atoms with Gasteiger partial charge in [-0.2, -0.15) is 0 Å². The summed E-state index contributed by atoms with van der Waals surface area (Å²) in [5.41, 5.74) is -0.0515. The summed E-state index contributed by atoms with van der Waals surface area (Å²) in [5.74, 6) is -1.06. The van der Waals surface area contributed by atoms with E-state index < -0.39 is 11.7 Å². The summed E-state index contributed by atoms with van der Waals surface area (Å²) < 4.78 is 13.3. The van der Waals surface area contributed by atoms with E-state index in [1.54, 1.807) is 0 Å². The van der Waals surface area contributed by atoms with Crippen LogP contribution >= 0.6 is 11.6 Å². The Morgan fingerprint density at radius 3 is 3.00 bits per heavy atom. The van der Waals surface area contributed by atoms with Gasteiger partial charge in [0, 0.05) is 5.02 Å². The molecule has 1 fully saturated rings. The van der Waals surface area contributed by atoms with Gasteiger partial charge in [0.05, 0.1) is 18.7 Å². The molecule has 1 saturated heterocycles. The average molecular weight is 230 g/mol. The van der Waals surface area contributed by atoms with Gasteiger partial charge in [-0.05, 0) is 24.6 Å². The Morgan fingerprint density at radius 2 is 2.33 bits per heavy atom. The highest BCUT2D eigenvalue weighted by Crippen LogP contribution is 2.18. The van der Waals surface area contributed by atoms with Crippen LogP contribution in [0.25, 0.3) is 0 Å². The Hall–Kier alpha value is -1.13. The first-order valence-electron chi connectivity index (χ1n) is 4.58. The van der Waals surface area contributed by atoms with Crippen molar-refractivity contribution in [3.05, 3.63) is 34.6 Å². The molecule has 0 aliphatic carbocycles. The van der Waals surface area contributed by atoms with Crippen molar-refractivity contribution in [1.29, 1.82) is 0 Å². The summed E-state index contributed by atoms with van der Waals surface area (Å²) in [7, 11) is 0. The van der Waals surface area contributed by atoms with Gasteiger partial charge in [0.2, 0.25) is 0 Å². The molecule has 15 heavy (non-hydrogen) atoms. The van der Waals surface area contributed by atoms with Gasteiger partial charge in [0.1, 0.15) is 5.82 Å². The van der Waals surface area contributed by atoms with Crippen LogP contribution < -0.4 is 0 Å². The van der Waals surface area contributed by atoms with Gasteiger partial charge in [0.15, 0.2) is 0 Å². The molecule has 0 bridgehead atoms. The van der Waals surface area contributed by atoms with Crippen LogP contribution in [-0.2, 0) is 4.84 Å². The largest absolute Gasteiger partial charge is 0.280 e. The number of carbonyl (C=O) groups excluding carboxylic acids is 1. The van der Waals surface area contributed by atoms with E-state index >= 15 is 0 Å². The molecular formula is C10H9ClFNO2. The molecule has 0 N–H and O–H groups in total. The van der Waals surface area contributed by atoms with Crippen LogP contribution in [0.5, 0.6) is 0 Å². The van der Waals surface area contributed by atoms with Crippen molar-refractivity contribution in [2.75, 3.05) is 13.2 Å². The third-order valence-electron chi connectivity index (χ3n) is 2.14. The van der Waals surface area contributed by atoms with Crippen molar-refractivity contribution in [2.45, 2.75) is 6.42 Å². The van der Waals surface area contributed by atoms with Crippen LogP contribution in [0, 0.1) is 5.82 Å². The molecule has 0 radical (unpaired) electrons. The molecule has 0 atom stereocenters. The van der Waals surface area contributed by atoms with Crippen molar-refractivity contribution in [2.24, 2.45) is 0 Å². The zero-order chi connectivity index (χ0) is 10.8. The lowest BCUT2D eigenvalue weighted by Crippen LogP contribution is -2.27. The predicted molar refractivity (Wildman–Crippen MR) is 53.0 cm³/mol. The Labute approximate surface area is 91.3 Å². The van der Waals surface area contributed by atoms with E-state index in [1.807, 2.05) is 0 Å². The predicted octanol–water partition coefficient (Wildman–Crippen LogP) is 2.26. The SMILES string of the molecule is O=C(c1cc(Cl)ccc1F)N1CCCO1. The standard InChI is InChI=1S/C10H9ClFNO2/c11-7-2-3-9(12)8(6-7)10(14)13-4-1-5-15-13/h2-3,6H,1,4-5H2. The maximum absolute atomic E-state index is 13.3. The van der Waals surface area contributed by atoms with E-state index in [-0.39, 0.29) is 5.56 Å². The lowest BCUT2D eigenvalue weighted by Gasteiger charge is -2.14. The molecule has 3 nitrogen and oxygen atoms in total. The Morgan fingerprint density at radius 1 is 1.53 bits per heavy atom. The van der Waals surface area contributed by atoms with Gasteiger partial charge in [0.25, 0.3) is 5.91 Å². The zero-order valence-corrected chi connectivity index (χ0v) is 8.63. The fraction of sp³-hybridized carbons (Fsp3) is 0.300. The molecule has 1 aliphatic rings. The lowest BCUT2D eigenvalue weighted by molar-refractivity contribution is -0.0770. The molecule has 1 aromatic rings. The second-order valence-electron chi connectivity index (χ2n) is 3.22. The van der Waals surface area contributed by atoms with Crippen LogP contribution in [0.15, 0.2) is 18.2 Å². The quantitative estimate of drug-likeness (QED) is 0.739. The molecule has 1 amide bonds. The molecule has 0 spiro atoms. The molecule has 1 heterocycles. The molecule has 1 aliphatic heterocycles. The highest BCUT2D eigenvalue weighted by molar-refractivity contribution is 6.30. The minimum atomic E-state index is -0.583. The Bertz CT molecular complexity index is 391. The summed E-state index contributed by atoms with van der Waals surface area (Å²) >= 11 is 5.69. The van der Waals surface area contributed by atoms with Crippen molar-refractivity contribution in [3.63, 3.8) is 0 Å². The van der Waals surface area contributed by atoms with E-state index in [0.29, 0.717) is 18.2 Å². The molecule has 5 heteroatoms. The highest BCUT2D eigenvalue weighted by Gasteiger charge is 2.23. The smallest absolute Gasteiger partial charge is 0.271 e. The maximum Gasteiger partial charge on any atom is 0.280 e. The molecule has 2 rings (SSSR count). The summed E-state index contributed by atoms with van der Waals surface area (Å²) in [5, 5.41) is 1.49. The number of amides is 1. The van der Waals surface area contributed by atoms with E-state index in [4.69, 9.17) is 16.4 Å². The lowest BCUT2D eigenvalue weighted by atomic mass is 10.2. The van der Waals surface area contributed by atoms with Crippen molar-refractivity contribution >= 4 is 17.5 Å². The van der Waals surface area contributed by atoms with Gasteiger partial charge in [-0.15, -0.1) is 0 Å². The topological polar surface area (TPSA) is 29.5 Å². The minimum Gasteiger partial charge on any atom is -0.271 e. The number of carbonyl (C=O) groups is 1. The summed E-state index contributed by atoms with van der Waals surface area (Å²) in [6, 6.07) is 3.88. The Balaban J connectivity index is 2.27. The van der Waals surface area contributed by atoms with Crippen LogP contribution in [0.2, 0.25) is 5.02 Å². The second kappa shape index (κ2) is 4.16. The first-order valence-corrected chi connectivity index (χ1v) is 4.96. The van der Waals surface area contributed by atoms with Gasteiger partial charge < -0.3 is 0 Å². The van der Waals surface area contributed by atoms with E-state index in [0.717, 1.165) is 11.5 Å². The van der Waals surface area contributed by atoms with E-state index in [2.05, 4.69) is 0 Å². The van der Waals surface area contributed by atoms with Crippen LogP contribution in [0.4, 0.5) is 4.39 Å². The van der Waals surface area contributed by atoms with Gasteiger partial charge in [-0.1, -0.05) is 11.6 Å². The molecule has 80 valence electrons. The van der Waals surface area contributed by atoms with Crippen molar-refractivity contribution < 1.29 is 14.0 Å². The van der Waals surface area contributed by atoms with Gasteiger partial charge in [-0.25, -0.2) is 9.45 Å². The molecular weight excluding hydrogens is 221 g/mol. The monoisotopic (exact) mass is 229 g/mol. The second-order valence-corrected chi connectivity index (χ2v) is 3.65. The van der Waals surface area contributed by atoms with Crippen molar-refractivity contribution in [1.82, 2.24) is 5.06 Å². The number of hydrogen-bond donors (Lipinski definition) is 0. The normalized spacial score (nSPS) is 15.7. The first-order chi connectivity index (χ1) is 7.18. The third kappa shape index (κ3) is 2.11. The van der Waals surface area contributed by atoms with Crippen LogP contribution in [-0.4, -0.2) is 24.1 Å². The number of benzene rings is 1. The molecule has 0 unspecified atom stereocenters. The number of nitrogens with zero attached hydrogens (tertiary/aromatic N) is 1. The molecule has 1 aromatic carbocycles. The number of hydrogen-bond acceptors (Lipinski definition) is 2. The molecule has 0 saturated carbocycles. The minimum absolute atomic E-state index is 0.0515. The summed E-state index contributed by atoms with van der Waals surface area (Å²) in [6.07, 6.45) is 0.772. The highest BCUT2D eigenvalue weighted by atomic mass is 35.5. The van der Waals surface area contributed by atoms with Crippen molar-refractivity contribution in [3.8, 4) is 0 Å². The first kappa shape index (κ1) is 10.4. The average Bonchev–Trinajstić information content (AvgIpc) is 2.74. The molecule has 0 aromatic heterocycles. The third-order valence-corrected chi connectivity index (χ3v) is 2.37. The fourth-order valence-electron chi connectivity index (χ4n) is 1.40. The van der Waals surface area contributed by atoms with E-state index in [1.165, 1.54) is 18.2 Å². The summed E-state index contributed by atoms with van der Waals surface area (Å²) in [6.45, 7) is 0.985. The van der Waals surface area contributed by atoms with Gasteiger partial charge >= 0.3 is 0 Å². The number of hydroxylamine groups is 2. The van der Waals surface area contributed by atoms with E-state index in [9.17, 15) is 9.18 Å².